The smallest absolute Gasteiger partial charge is 0.251 e. The number of H-pyrrole nitrogens is 1. The molecule has 2 rings (SSSR count). The first-order valence-corrected chi connectivity index (χ1v) is 6.06. The van der Waals surface area contributed by atoms with Crippen LogP contribution in [-0.2, 0) is 6.42 Å². The minimum Gasteiger partial charge on any atom is -0.378 e. The molecule has 1 amide bonds. The Labute approximate surface area is 111 Å². The number of hydrogen-bond donors (Lipinski definition) is 2. The fourth-order valence-corrected chi connectivity index (χ4v) is 1.67. The first-order chi connectivity index (χ1) is 9.16. The van der Waals surface area contributed by atoms with E-state index in [-0.39, 0.29) is 5.91 Å². The van der Waals surface area contributed by atoms with Crippen LogP contribution in [0.2, 0.25) is 0 Å². The zero-order valence-corrected chi connectivity index (χ0v) is 11.1. The molecule has 100 valence electrons. The van der Waals surface area contributed by atoms with Gasteiger partial charge in [-0.1, -0.05) is 6.07 Å². The van der Waals surface area contributed by atoms with E-state index in [1.165, 1.54) is 6.33 Å². The quantitative estimate of drug-likeness (QED) is 0.834. The van der Waals surface area contributed by atoms with Crippen molar-refractivity contribution in [3.05, 3.63) is 42.0 Å². The van der Waals surface area contributed by atoms with E-state index >= 15 is 0 Å². The monoisotopic (exact) mass is 259 g/mol. The molecule has 6 heteroatoms. The molecule has 2 N–H and O–H groups in total. The summed E-state index contributed by atoms with van der Waals surface area (Å²) in [6, 6.07) is 7.51. The topological polar surface area (TPSA) is 73.9 Å². The number of hydrogen-bond acceptors (Lipinski definition) is 4. The maximum absolute atomic E-state index is 12.0. The van der Waals surface area contributed by atoms with E-state index in [9.17, 15) is 4.79 Å². The molecule has 0 bridgehead atoms. The van der Waals surface area contributed by atoms with Crippen LogP contribution in [0.15, 0.2) is 30.6 Å². The van der Waals surface area contributed by atoms with Crippen molar-refractivity contribution in [2.45, 2.75) is 6.42 Å². The molecule has 0 aliphatic heterocycles. The van der Waals surface area contributed by atoms with Crippen LogP contribution in [0, 0.1) is 0 Å². The fourth-order valence-electron chi connectivity index (χ4n) is 1.67. The Morgan fingerprint density at radius 2 is 2.26 bits per heavy atom. The van der Waals surface area contributed by atoms with Gasteiger partial charge in [0.2, 0.25) is 0 Å². The van der Waals surface area contributed by atoms with E-state index in [0.29, 0.717) is 18.5 Å². The molecule has 1 aromatic carbocycles. The Morgan fingerprint density at radius 3 is 2.95 bits per heavy atom. The molecule has 1 aromatic heterocycles. The molecule has 0 aliphatic carbocycles. The van der Waals surface area contributed by atoms with Crippen LogP contribution in [0.25, 0.3) is 0 Å². The van der Waals surface area contributed by atoms with Gasteiger partial charge in [0.1, 0.15) is 12.2 Å². The number of benzene rings is 1. The molecule has 19 heavy (non-hydrogen) atoms. The highest BCUT2D eigenvalue weighted by Crippen LogP contribution is 2.13. The van der Waals surface area contributed by atoms with Gasteiger partial charge in [-0.05, 0) is 18.2 Å². The molecule has 0 unspecified atom stereocenters. The standard InChI is InChI=1S/C13H17N5O/c1-18(2)11-5-3-4-10(8-11)13(19)14-7-6-12-15-9-16-17-12/h3-5,8-9H,6-7H2,1-2H3,(H,14,19)(H,15,16,17). The second kappa shape index (κ2) is 5.99. The van der Waals surface area contributed by atoms with Gasteiger partial charge in [-0.3, -0.25) is 9.89 Å². The number of carbonyl (C=O) groups excluding carboxylic acids is 1. The van der Waals surface area contributed by atoms with Crippen LogP contribution >= 0.6 is 0 Å². The lowest BCUT2D eigenvalue weighted by atomic mass is 10.2. The molecule has 6 nitrogen and oxygen atoms in total. The number of rotatable bonds is 5. The largest absolute Gasteiger partial charge is 0.378 e. The molecule has 0 saturated carbocycles. The van der Waals surface area contributed by atoms with E-state index < -0.39 is 0 Å². The van der Waals surface area contributed by atoms with Crippen LogP contribution in [0.4, 0.5) is 5.69 Å². The second-order valence-corrected chi connectivity index (χ2v) is 4.38. The molecular weight excluding hydrogens is 242 g/mol. The van der Waals surface area contributed by atoms with Crippen molar-refractivity contribution >= 4 is 11.6 Å². The predicted octanol–water partition coefficient (Wildman–Crippen LogP) is 0.843. The normalized spacial score (nSPS) is 10.2. The Kier molecular flexibility index (Phi) is 4.12. The lowest BCUT2D eigenvalue weighted by Gasteiger charge is -2.13. The summed E-state index contributed by atoms with van der Waals surface area (Å²) in [6.45, 7) is 0.528. The fraction of sp³-hybridized carbons (Fsp3) is 0.308. The van der Waals surface area contributed by atoms with Crippen LogP contribution < -0.4 is 10.2 Å². The summed E-state index contributed by atoms with van der Waals surface area (Å²) < 4.78 is 0. The third kappa shape index (κ3) is 3.54. The Hall–Kier alpha value is -2.37. The molecule has 1 heterocycles. The van der Waals surface area contributed by atoms with Crippen LogP contribution in [0.5, 0.6) is 0 Å². The average molecular weight is 259 g/mol. The zero-order chi connectivity index (χ0) is 13.7. The van der Waals surface area contributed by atoms with Gasteiger partial charge in [-0.15, -0.1) is 0 Å². The molecule has 0 spiro atoms. The minimum atomic E-state index is -0.0804. The third-order valence-corrected chi connectivity index (χ3v) is 2.74. The summed E-state index contributed by atoms with van der Waals surface area (Å²) >= 11 is 0. The Morgan fingerprint density at radius 1 is 1.42 bits per heavy atom. The van der Waals surface area contributed by atoms with Gasteiger partial charge < -0.3 is 10.2 Å². The second-order valence-electron chi connectivity index (χ2n) is 4.38. The number of nitrogens with one attached hydrogen (secondary N) is 2. The van der Waals surface area contributed by atoms with Gasteiger partial charge >= 0.3 is 0 Å². The van der Waals surface area contributed by atoms with E-state index in [1.54, 1.807) is 6.07 Å². The van der Waals surface area contributed by atoms with Gasteiger partial charge in [0, 0.05) is 38.3 Å². The maximum atomic E-state index is 12.0. The molecular formula is C13H17N5O. The van der Waals surface area contributed by atoms with Crippen molar-refractivity contribution in [1.29, 1.82) is 0 Å². The minimum absolute atomic E-state index is 0.0804. The van der Waals surface area contributed by atoms with Gasteiger partial charge in [0.05, 0.1) is 0 Å². The number of anilines is 1. The van der Waals surface area contributed by atoms with E-state index in [1.807, 2.05) is 37.2 Å². The molecule has 0 aliphatic rings. The number of amides is 1. The third-order valence-electron chi connectivity index (χ3n) is 2.74. The molecule has 0 saturated heterocycles. The average Bonchev–Trinajstić information content (AvgIpc) is 2.92. The SMILES string of the molecule is CN(C)c1cccc(C(=O)NCCc2ncn[nH]2)c1. The lowest BCUT2D eigenvalue weighted by molar-refractivity contribution is 0.0954. The van der Waals surface area contributed by atoms with Gasteiger partial charge in [0.15, 0.2) is 0 Å². The van der Waals surface area contributed by atoms with Crippen molar-refractivity contribution in [3.63, 3.8) is 0 Å². The van der Waals surface area contributed by atoms with Crippen molar-refractivity contribution in [1.82, 2.24) is 20.5 Å². The van der Waals surface area contributed by atoms with Gasteiger partial charge in [0.25, 0.3) is 5.91 Å². The number of nitrogens with zero attached hydrogens (tertiary/aromatic N) is 3. The predicted molar refractivity (Wildman–Crippen MR) is 73.2 cm³/mol. The molecule has 0 radical (unpaired) electrons. The van der Waals surface area contributed by atoms with Crippen molar-refractivity contribution in [2.75, 3.05) is 25.5 Å². The van der Waals surface area contributed by atoms with Crippen LogP contribution in [0.1, 0.15) is 16.2 Å². The summed E-state index contributed by atoms with van der Waals surface area (Å²) in [7, 11) is 3.89. The summed E-state index contributed by atoms with van der Waals surface area (Å²) in [4.78, 5) is 17.9. The van der Waals surface area contributed by atoms with Crippen molar-refractivity contribution in [2.24, 2.45) is 0 Å². The molecule has 2 aromatic rings. The van der Waals surface area contributed by atoms with E-state index in [0.717, 1.165) is 11.5 Å². The maximum Gasteiger partial charge on any atom is 0.251 e. The molecule has 0 fully saturated rings. The highest BCUT2D eigenvalue weighted by Gasteiger charge is 2.06. The van der Waals surface area contributed by atoms with Crippen molar-refractivity contribution < 1.29 is 4.79 Å². The molecule has 0 atom stereocenters. The summed E-state index contributed by atoms with van der Waals surface area (Å²) in [5.74, 6) is 0.686. The first kappa shape index (κ1) is 13.1. The highest BCUT2D eigenvalue weighted by atomic mass is 16.1. The first-order valence-electron chi connectivity index (χ1n) is 6.06. The number of aromatic amines is 1. The van der Waals surface area contributed by atoms with Crippen LogP contribution in [-0.4, -0.2) is 41.7 Å². The zero-order valence-electron chi connectivity index (χ0n) is 11.1. The summed E-state index contributed by atoms with van der Waals surface area (Å²) in [6.07, 6.45) is 2.09. The van der Waals surface area contributed by atoms with E-state index in [4.69, 9.17) is 0 Å². The highest BCUT2D eigenvalue weighted by molar-refractivity contribution is 5.95. The van der Waals surface area contributed by atoms with Gasteiger partial charge in [-0.25, -0.2) is 4.98 Å². The lowest BCUT2D eigenvalue weighted by Crippen LogP contribution is -2.26. The summed E-state index contributed by atoms with van der Waals surface area (Å²) in [5.41, 5.74) is 1.66. The van der Waals surface area contributed by atoms with Gasteiger partial charge in [-0.2, -0.15) is 5.10 Å². The number of carbonyl (C=O) groups is 1. The Bertz CT molecular complexity index is 536. The van der Waals surface area contributed by atoms with Crippen LogP contribution in [0.3, 0.4) is 0 Å². The van der Waals surface area contributed by atoms with E-state index in [2.05, 4.69) is 20.5 Å². The summed E-state index contributed by atoms with van der Waals surface area (Å²) in [5, 5.41) is 9.37. The number of aromatic nitrogens is 3. The van der Waals surface area contributed by atoms with Crippen molar-refractivity contribution in [3.8, 4) is 0 Å². The Balaban J connectivity index is 1.90.